The van der Waals surface area contributed by atoms with Crippen LogP contribution < -0.4 is 5.32 Å². The van der Waals surface area contributed by atoms with Gasteiger partial charge in [0.1, 0.15) is 0 Å². The summed E-state index contributed by atoms with van der Waals surface area (Å²) in [6.45, 7) is 4.22. The summed E-state index contributed by atoms with van der Waals surface area (Å²) in [6, 6.07) is 0.404. The van der Waals surface area contributed by atoms with Crippen LogP contribution in [0.4, 0.5) is 0 Å². The second kappa shape index (κ2) is 3.64. The third-order valence-electron chi connectivity index (χ3n) is 2.85. The molecule has 0 aliphatic carbocycles. The molecule has 1 amide bonds. The molecule has 2 saturated heterocycles. The number of ether oxygens (including phenoxy) is 1. The van der Waals surface area contributed by atoms with Crippen LogP contribution in [0, 0.1) is 0 Å². The average Bonchev–Trinajstić information content (AvgIpc) is 2.49. The molecule has 2 rings (SSSR count). The van der Waals surface area contributed by atoms with Crippen LogP contribution in [-0.4, -0.2) is 42.8 Å². The highest BCUT2D eigenvalue weighted by Gasteiger charge is 2.33. The Balaban J connectivity index is 1.96. The fourth-order valence-corrected chi connectivity index (χ4v) is 1.96. The van der Waals surface area contributed by atoms with Gasteiger partial charge in [0, 0.05) is 19.3 Å². The molecule has 2 aliphatic rings. The predicted octanol–water partition coefficient (Wildman–Crippen LogP) is -0.0568. The van der Waals surface area contributed by atoms with E-state index in [0.29, 0.717) is 12.7 Å². The fourth-order valence-electron chi connectivity index (χ4n) is 1.96. The van der Waals surface area contributed by atoms with Crippen LogP contribution in [-0.2, 0) is 9.53 Å². The minimum atomic E-state index is 0.00263. The summed E-state index contributed by atoms with van der Waals surface area (Å²) in [5.74, 6) is 0.243. The van der Waals surface area contributed by atoms with Crippen molar-refractivity contribution >= 4 is 5.91 Å². The Bertz CT molecular complexity index is 202. The molecule has 13 heavy (non-hydrogen) atoms. The molecular weight excluding hydrogens is 168 g/mol. The van der Waals surface area contributed by atoms with Gasteiger partial charge in [-0.2, -0.15) is 0 Å². The number of amides is 1. The van der Waals surface area contributed by atoms with E-state index in [1.54, 1.807) is 0 Å². The van der Waals surface area contributed by atoms with Crippen LogP contribution in [0.2, 0.25) is 0 Å². The first-order chi connectivity index (χ1) is 6.29. The van der Waals surface area contributed by atoms with Crippen molar-refractivity contribution in [3.05, 3.63) is 0 Å². The van der Waals surface area contributed by atoms with Gasteiger partial charge in [-0.3, -0.25) is 10.1 Å². The van der Waals surface area contributed by atoms with Gasteiger partial charge in [0.2, 0.25) is 5.91 Å². The zero-order chi connectivity index (χ0) is 9.26. The standard InChI is InChI=1S/C9H16N2O2/c1-7-9(12)11(6-10-7)8-2-4-13-5-3-8/h7-8,10H,2-6H2,1H3. The Morgan fingerprint density at radius 1 is 1.46 bits per heavy atom. The van der Waals surface area contributed by atoms with Crippen molar-refractivity contribution in [1.82, 2.24) is 10.2 Å². The van der Waals surface area contributed by atoms with Gasteiger partial charge in [0.05, 0.1) is 12.7 Å². The Morgan fingerprint density at radius 2 is 2.15 bits per heavy atom. The topological polar surface area (TPSA) is 41.6 Å². The van der Waals surface area contributed by atoms with Gasteiger partial charge in [0.15, 0.2) is 0 Å². The van der Waals surface area contributed by atoms with E-state index >= 15 is 0 Å². The third-order valence-corrected chi connectivity index (χ3v) is 2.85. The highest BCUT2D eigenvalue weighted by atomic mass is 16.5. The Hall–Kier alpha value is -0.610. The van der Waals surface area contributed by atoms with Gasteiger partial charge in [-0.05, 0) is 19.8 Å². The maximum Gasteiger partial charge on any atom is 0.240 e. The van der Waals surface area contributed by atoms with E-state index in [9.17, 15) is 4.79 Å². The number of carbonyl (C=O) groups is 1. The van der Waals surface area contributed by atoms with Gasteiger partial charge >= 0.3 is 0 Å². The van der Waals surface area contributed by atoms with Gasteiger partial charge in [-0.15, -0.1) is 0 Å². The molecule has 1 N–H and O–H groups in total. The number of rotatable bonds is 1. The number of hydrogen-bond acceptors (Lipinski definition) is 3. The highest BCUT2D eigenvalue weighted by Crippen LogP contribution is 2.17. The van der Waals surface area contributed by atoms with E-state index in [-0.39, 0.29) is 11.9 Å². The number of hydrogen-bond donors (Lipinski definition) is 1. The van der Waals surface area contributed by atoms with Crippen molar-refractivity contribution < 1.29 is 9.53 Å². The lowest BCUT2D eigenvalue weighted by Gasteiger charge is -2.30. The van der Waals surface area contributed by atoms with Crippen LogP contribution in [0.1, 0.15) is 19.8 Å². The quantitative estimate of drug-likeness (QED) is 0.621. The molecule has 2 heterocycles. The van der Waals surface area contributed by atoms with Crippen molar-refractivity contribution in [2.45, 2.75) is 31.8 Å². The maximum atomic E-state index is 11.6. The van der Waals surface area contributed by atoms with E-state index < -0.39 is 0 Å². The Morgan fingerprint density at radius 3 is 2.69 bits per heavy atom. The van der Waals surface area contributed by atoms with Gasteiger partial charge in [-0.1, -0.05) is 0 Å². The van der Waals surface area contributed by atoms with Crippen LogP contribution in [0.3, 0.4) is 0 Å². The minimum Gasteiger partial charge on any atom is -0.381 e. The molecular formula is C9H16N2O2. The maximum absolute atomic E-state index is 11.6. The average molecular weight is 184 g/mol. The molecule has 0 saturated carbocycles. The summed E-state index contributed by atoms with van der Waals surface area (Å²) in [7, 11) is 0. The number of carbonyl (C=O) groups excluding carboxylic acids is 1. The zero-order valence-electron chi connectivity index (χ0n) is 7.95. The SMILES string of the molecule is CC1NCN(C2CCOCC2)C1=O. The molecule has 0 spiro atoms. The van der Waals surface area contributed by atoms with Crippen molar-refractivity contribution in [1.29, 1.82) is 0 Å². The van der Waals surface area contributed by atoms with Crippen molar-refractivity contribution in [3.63, 3.8) is 0 Å². The second-order valence-corrected chi connectivity index (χ2v) is 3.74. The normalized spacial score (nSPS) is 31.3. The lowest BCUT2D eigenvalue weighted by molar-refractivity contribution is -0.132. The monoisotopic (exact) mass is 184 g/mol. The molecule has 2 aliphatic heterocycles. The highest BCUT2D eigenvalue weighted by molar-refractivity contribution is 5.83. The van der Waals surface area contributed by atoms with Crippen molar-refractivity contribution in [2.75, 3.05) is 19.9 Å². The molecule has 0 aromatic heterocycles. The molecule has 74 valence electrons. The summed E-state index contributed by atoms with van der Waals surface area (Å²) < 4.78 is 5.26. The van der Waals surface area contributed by atoms with E-state index in [1.807, 2.05) is 11.8 Å². The van der Waals surface area contributed by atoms with E-state index in [0.717, 1.165) is 26.1 Å². The Labute approximate surface area is 78.2 Å². The van der Waals surface area contributed by atoms with E-state index in [1.165, 1.54) is 0 Å². The van der Waals surface area contributed by atoms with Gasteiger partial charge in [0.25, 0.3) is 0 Å². The van der Waals surface area contributed by atoms with Crippen molar-refractivity contribution in [2.24, 2.45) is 0 Å². The predicted molar refractivity (Wildman–Crippen MR) is 48.2 cm³/mol. The lowest BCUT2D eigenvalue weighted by atomic mass is 10.1. The second-order valence-electron chi connectivity index (χ2n) is 3.74. The molecule has 0 aromatic rings. The largest absolute Gasteiger partial charge is 0.381 e. The van der Waals surface area contributed by atoms with E-state index in [4.69, 9.17) is 4.74 Å². The first-order valence-corrected chi connectivity index (χ1v) is 4.90. The van der Waals surface area contributed by atoms with Crippen LogP contribution >= 0.6 is 0 Å². The molecule has 0 bridgehead atoms. The van der Waals surface area contributed by atoms with Crippen molar-refractivity contribution in [3.8, 4) is 0 Å². The first-order valence-electron chi connectivity index (χ1n) is 4.90. The molecule has 1 unspecified atom stereocenters. The molecule has 2 fully saturated rings. The van der Waals surface area contributed by atoms with E-state index in [2.05, 4.69) is 5.32 Å². The number of nitrogens with zero attached hydrogens (tertiary/aromatic N) is 1. The van der Waals surface area contributed by atoms with Crippen LogP contribution in [0.15, 0.2) is 0 Å². The lowest BCUT2D eigenvalue weighted by Crippen LogP contribution is -2.41. The summed E-state index contributed by atoms with van der Waals surface area (Å²) in [5.41, 5.74) is 0. The third kappa shape index (κ3) is 1.69. The minimum absolute atomic E-state index is 0.00263. The van der Waals surface area contributed by atoms with Crippen LogP contribution in [0.5, 0.6) is 0 Å². The molecule has 4 nitrogen and oxygen atoms in total. The van der Waals surface area contributed by atoms with Gasteiger partial charge < -0.3 is 9.64 Å². The number of nitrogens with one attached hydrogen (secondary N) is 1. The Kier molecular flexibility index (Phi) is 2.51. The fraction of sp³-hybridized carbons (Fsp3) is 0.889. The first kappa shape index (κ1) is 8.97. The summed E-state index contributed by atoms with van der Waals surface area (Å²) >= 11 is 0. The van der Waals surface area contributed by atoms with Crippen LogP contribution in [0.25, 0.3) is 0 Å². The molecule has 0 aromatic carbocycles. The van der Waals surface area contributed by atoms with Gasteiger partial charge in [-0.25, -0.2) is 0 Å². The molecule has 4 heteroatoms. The summed E-state index contributed by atoms with van der Waals surface area (Å²) in [5, 5.41) is 3.15. The smallest absolute Gasteiger partial charge is 0.240 e. The molecule has 1 atom stereocenters. The zero-order valence-corrected chi connectivity index (χ0v) is 7.95. The summed E-state index contributed by atoms with van der Waals surface area (Å²) in [4.78, 5) is 13.6. The summed E-state index contributed by atoms with van der Waals surface area (Å²) in [6.07, 6.45) is 1.97. The molecule has 0 radical (unpaired) electrons.